The normalized spacial score (nSPS) is 10.7. The summed E-state index contributed by atoms with van der Waals surface area (Å²) in [5, 5.41) is 0. The van der Waals surface area contributed by atoms with Gasteiger partial charge < -0.3 is 4.74 Å². The fourth-order valence-corrected chi connectivity index (χ4v) is 3.62. The third kappa shape index (κ3) is 6.29. The predicted octanol–water partition coefficient (Wildman–Crippen LogP) is 3.76. The van der Waals surface area contributed by atoms with Crippen LogP contribution in [-0.2, 0) is 18.8 Å². The van der Waals surface area contributed by atoms with E-state index in [2.05, 4.69) is 38.4 Å². The smallest absolute Gasteiger partial charge is 0.345 e. The van der Waals surface area contributed by atoms with Crippen molar-refractivity contribution in [1.29, 1.82) is 0 Å². The fraction of sp³-hybridized carbons (Fsp3) is 0.333. The van der Waals surface area contributed by atoms with E-state index in [1.54, 1.807) is 39.2 Å². The van der Waals surface area contributed by atoms with Crippen LogP contribution in [0.15, 0.2) is 74.7 Å². The zero-order chi connectivity index (χ0) is 27.0. The Morgan fingerprint density at radius 1 is 1.08 bits per heavy atom. The SMILES string of the molecule is C=C/C=C\C(CCC)=C(C)C.CCOC(=O)c1cn(-c2ccc3c(c2)n(C)c(=O)n3C)c(=O)[nH]c1=O. The van der Waals surface area contributed by atoms with Crippen LogP contribution >= 0.6 is 0 Å². The summed E-state index contributed by atoms with van der Waals surface area (Å²) in [5.74, 6) is -0.814. The second-order valence-electron chi connectivity index (χ2n) is 8.34. The van der Waals surface area contributed by atoms with Gasteiger partial charge in [-0.2, -0.15) is 0 Å². The molecule has 0 saturated carbocycles. The van der Waals surface area contributed by atoms with Gasteiger partial charge in [0.05, 0.1) is 23.3 Å². The standard InChI is InChI=1S/C16H16N4O5.C11H18/c1-4-25-14(22)10-8-20(15(23)17-13(10)21)9-5-6-11-12(7-9)19(3)16(24)18(11)2;1-5-7-9-11(8-6-2)10(3)4/h5-8H,4H2,1-3H3,(H,17,21,23);5,7,9H,1,6,8H2,2-4H3/b;9-7-. The molecule has 3 aromatic rings. The third-order valence-corrected chi connectivity index (χ3v) is 5.57. The summed E-state index contributed by atoms with van der Waals surface area (Å²) in [6, 6.07) is 4.94. The Morgan fingerprint density at radius 3 is 2.33 bits per heavy atom. The van der Waals surface area contributed by atoms with Crippen LogP contribution in [-0.4, -0.2) is 31.3 Å². The highest BCUT2D eigenvalue weighted by atomic mass is 16.5. The molecule has 2 aromatic heterocycles. The molecule has 0 aliphatic heterocycles. The van der Waals surface area contributed by atoms with Crippen molar-refractivity contribution in [3.63, 3.8) is 0 Å². The highest BCUT2D eigenvalue weighted by Gasteiger charge is 2.16. The summed E-state index contributed by atoms with van der Waals surface area (Å²) in [6.45, 7) is 11.9. The first-order valence-corrected chi connectivity index (χ1v) is 11.7. The molecule has 0 spiro atoms. The second-order valence-corrected chi connectivity index (χ2v) is 8.34. The van der Waals surface area contributed by atoms with Gasteiger partial charge >= 0.3 is 17.3 Å². The lowest BCUT2D eigenvalue weighted by molar-refractivity contribution is 0.0523. The van der Waals surface area contributed by atoms with Crippen LogP contribution in [0.1, 0.15) is 50.9 Å². The maximum atomic E-state index is 12.1. The fourth-order valence-electron chi connectivity index (χ4n) is 3.62. The lowest BCUT2D eigenvalue weighted by Gasteiger charge is -2.08. The highest BCUT2D eigenvalue weighted by molar-refractivity contribution is 5.88. The number of hydrogen-bond donors (Lipinski definition) is 1. The van der Waals surface area contributed by atoms with Crippen LogP contribution < -0.4 is 16.9 Å². The Morgan fingerprint density at radius 2 is 1.75 bits per heavy atom. The van der Waals surface area contributed by atoms with Crippen LogP contribution in [0.4, 0.5) is 0 Å². The molecule has 0 aliphatic carbocycles. The molecule has 0 unspecified atom stereocenters. The van der Waals surface area contributed by atoms with Gasteiger partial charge in [-0.05, 0) is 51.0 Å². The number of carbonyl (C=O) groups excluding carboxylic acids is 1. The lowest BCUT2D eigenvalue weighted by Crippen LogP contribution is -2.33. The average Bonchev–Trinajstić information content (AvgIpc) is 3.05. The predicted molar refractivity (Wildman–Crippen MR) is 143 cm³/mol. The van der Waals surface area contributed by atoms with E-state index in [1.807, 2.05) is 12.2 Å². The summed E-state index contributed by atoms with van der Waals surface area (Å²) in [6.07, 6.45) is 9.48. The number of nitrogens with one attached hydrogen (secondary N) is 1. The van der Waals surface area contributed by atoms with Gasteiger partial charge in [0.2, 0.25) is 0 Å². The number of rotatable bonds is 7. The molecule has 192 valence electrons. The summed E-state index contributed by atoms with van der Waals surface area (Å²) < 4.78 is 8.89. The Balaban J connectivity index is 0.000000352. The summed E-state index contributed by atoms with van der Waals surface area (Å²) in [7, 11) is 3.27. The molecule has 9 heteroatoms. The molecule has 0 amide bonds. The molecular formula is C27H34N4O5. The van der Waals surface area contributed by atoms with Crippen LogP contribution in [0.2, 0.25) is 0 Å². The number of aryl methyl sites for hydroxylation is 2. The van der Waals surface area contributed by atoms with Crippen LogP contribution in [0.3, 0.4) is 0 Å². The third-order valence-electron chi connectivity index (χ3n) is 5.57. The van der Waals surface area contributed by atoms with Gasteiger partial charge in [0, 0.05) is 20.3 Å². The molecule has 2 heterocycles. The van der Waals surface area contributed by atoms with E-state index in [1.165, 1.54) is 33.1 Å². The van der Waals surface area contributed by atoms with Crippen molar-refractivity contribution in [2.75, 3.05) is 6.61 Å². The second kappa shape index (κ2) is 12.5. The first-order chi connectivity index (χ1) is 17.1. The molecule has 1 aromatic carbocycles. The number of aromatic nitrogens is 4. The van der Waals surface area contributed by atoms with E-state index < -0.39 is 17.2 Å². The maximum absolute atomic E-state index is 12.1. The summed E-state index contributed by atoms with van der Waals surface area (Å²) in [5.41, 5.74) is 2.57. The summed E-state index contributed by atoms with van der Waals surface area (Å²) in [4.78, 5) is 50.0. The minimum Gasteiger partial charge on any atom is -0.462 e. The first kappa shape index (κ1) is 28.1. The number of fused-ring (bicyclic) bond motifs is 1. The number of carbonyl (C=O) groups is 1. The van der Waals surface area contributed by atoms with E-state index in [-0.39, 0.29) is 17.9 Å². The number of hydrogen-bond acceptors (Lipinski definition) is 5. The number of imidazole rings is 1. The molecule has 36 heavy (non-hydrogen) atoms. The zero-order valence-corrected chi connectivity index (χ0v) is 21.8. The zero-order valence-electron chi connectivity index (χ0n) is 21.8. The number of nitrogens with zero attached hydrogens (tertiary/aromatic N) is 3. The maximum Gasteiger partial charge on any atom is 0.345 e. The molecule has 0 radical (unpaired) electrons. The van der Waals surface area contributed by atoms with Crippen molar-refractivity contribution in [1.82, 2.24) is 18.7 Å². The molecule has 9 nitrogen and oxygen atoms in total. The van der Waals surface area contributed by atoms with E-state index in [9.17, 15) is 19.2 Å². The number of aromatic amines is 1. The van der Waals surface area contributed by atoms with Crippen molar-refractivity contribution >= 4 is 17.0 Å². The Hall–Kier alpha value is -4.14. The van der Waals surface area contributed by atoms with Gasteiger partial charge in [0.1, 0.15) is 5.56 Å². The van der Waals surface area contributed by atoms with Crippen molar-refractivity contribution < 1.29 is 9.53 Å². The molecule has 0 atom stereocenters. The van der Waals surface area contributed by atoms with Crippen molar-refractivity contribution in [3.05, 3.63) is 97.2 Å². The molecule has 0 aliphatic rings. The monoisotopic (exact) mass is 494 g/mol. The van der Waals surface area contributed by atoms with Gasteiger partial charge in [0.25, 0.3) is 5.56 Å². The molecule has 0 fully saturated rings. The van der Waals surface area contributed by atoms with Crippen LogP contribution in [0.25, 0.3) is 16.7 Å². The van der Waals surface area contributed by atoms with Crippen molar-refractivity contribution in [2.24, 2.45) is 14.1 Å². The minimum atomic E-state index is -0.814. The molecule has 0 bridgehead atoms. The molecule has 0 saturated heterocycles. The lowest BCUT2D eigenvalue weighted by atomic mass is 10.1. The van der Waals surface area contributed by atoms with Gasteiger partial charge in [-0.3, -0.25) is 23.5 Å². The minimum absolute atomic E-state index is 0.107. The number of H-pyrrole nitrogens is 1. The summed E-state index contributed by atoms with van der Waals surface area (Å²) >= 11 is 0. The largest absolute Gasteiger partial charge is 0.462 e. The highest BCUT2D eigenvalue weighted by Crippen LogP contribution is 2.16. The number of ether oxygens (including phenoxy) is 1. The van der Waals surface area contributed by atoms with E-state index in [0.29, 0.717) is 16.7 Å². The number of esters is 1. The van der Waals surface area contributed by atoms with Crippen molar-refractivity contribution in [2.45, 2.75) is 40.5 Å². The van der Waals surface area contributed by atoms with E-state index in [4.69, 9.17) is 4.74 Å². The van der Waals surface area contributed by atoms with Gasteiger partial charge in [0.15, 0.2) is 0 Å². The Bertz CT molecular complexity index is 1490. The van der Waals surface area contributed by atoms with E-state index in [0.717, 1.165) is 10.8 Å². The molecule has 1 N–H and O–H groups in total. The topological polar surface area (TPSA) is 108 Å². The van der Waals surface area contributed by atoms with Crippen molar-refractivity contribution in [3.8, 4) is 5.69 Å². The van der Waals surface area contributed by atoms with Crippen LogP contribution in [0, 0.1) is 0 Å². The first-order valence-electron chi connectivity index (χ1n) is 11.7. The molecular weight excluding hydrogens is 460 g/mol. The van der Waals surface area contributed by atoms with E-state index >= 15 is 0 Å². The quantitative estimate of drug-likeness (QED) is 0.397. The Labute approximate surface area is 209 Å². The number of benzene rings is 1. The van der Waals surface area contributed by atoms with Gasteiger partial charge in [-0.25, -0.2) is 14.4 Å². The number of allylic oxidation sites excluding steroid dienone is 5. The van der Waals surface area contributed by atoms with Gasteiger partial charge in [-0.1, -0.05) is 43.7 Å². The average molecular weight is 495 g/mol. The van der Waals surface area contributed by atoms with Crippen LogP contribution in [0.5, 0.6) is 0 Å². The Kier molecular flexibility index (Phi) is 9.78. The molecule has 3 rings (SSSR count). The van der Waals surface area contributed by atoms with Gasteiger partial charge in [-0.15, -0.1) is 0 Å².